The van der Waals surface area contributed by atoms with E-state index in [0.717, 1.165) is 11.3 Å². The lowest BCUT2D eigenvalue weighted by Gasteiger charge is -2.18. The summed E-state index contributed by atoms with van der Waals surface area (Å²) in [6, 6.07) is 6.65. The van der Waals surface area contributed by atoms with Gasteiger partial charge in [0.25, 0.3) is 0 Å². The fourth-order valence-corrected chi connectivity index (χ4v) is 4.91. The van der Waals surface area contributed by atoms with Gasteiger partial charge in [0, 0.05) is 24.8 Å². The van der Waals surface area contributed by atoms with Crippen molar-refractivity contribution in [2.24, 2.45) is 11.8 Å². The summed E-state index contributed by atoms with van der Waals surface area (Å²) in [5, 5.41) is 7.11. The Balaban J connectivity index is 1.68. The quantitative estimate of drug-likeness (QED) is 0.943. The van der Waals surface area contributed by atoms with Crippen LogP contribution in [0.5, 0.6) is 0 Å². The summed E-state index contributed by atoms with van der Waals surface area (Å²) >= 11 is 6.24. The number of halogens is 1. The molecule has 4 rings (SSSR count). The highest BCUT2D eigenvalue weighted by atomic mass is 35.5. The molecule has 2 fully saturated rings. The van der Waals surface area contributed by atoms with Gasteiger partial charge in [0.05, 0.1) is 15.6 Å². The van der Waals surface area contributed by atoms with Crippen LogP contribution in [0, 0.1) is 11.8 Å². The minimum atomic E-state index is -3.43. The third-order valence-electron chi connectivity index (χ3n) is 4.31. The number of rotatable bonds is 3. The van der Waals surface area contributed by atoms with Gasteiger partial charge in [-0.05, 0) is 42.5 Å². The number of nitrogens with zero attached hydrogens (tertiary/aromatic N) is 2. The zero-order valence-corrected chi connectivity index (χ0v) is 12.7. The van der Waals surface area contributed by atoms with Gasteiger partial charge in [0.1, 0.15) is 0 Å². The minimum absolute atomic E-state index is 0.261. The number of hydrogen-bond acceptors (Lipinski definition) is 3. The fourth-order valence-electron chi connectivity index (χ4n) is 2.98. The Bertz CT molecular complexity index is 779. The van der Waals surface area contributed by atoms with E-state index in [0.29, 0.717) is 29.9 Å². The third-order valence-corrected chi connectivity index (χ3v) is 6.45. The van der Waals surface area contributed by atoms with Crippen molar-refractivity contribution in [2.45, 2.75) is 11.3 Å². The van der Waals surface area contributed by atoms with Crippen molar-refractivity contribution in [1.29, 1.82) is 0 Å². The number of aromatic amines is 1. The molecule has 1 N–H and O–H groups in total. The van der Waals surface area contributed by atoms with Crippen LogP contribution in [-0.4, -0.2) is 36.0 Å². The normalized spacial score (nSPS) is 25.0. The highest BCUT2D eigenvalue weighted by Gasteiger charge is 2.48. The number of sulfonamides is 1. The van der Waals surface area contributed by atoms with Gasteiger partial charge in [-0.3, -0.25) is 5.10 Å². The van der Waals surface area contributed by atoms with Crippen molar-refractivity contribution in [3.63, 3.8) is 0 Å². The van der Waals surface area contributed by atoms with E-state index in [1.54, 1.807) is 28.7 Å². The molecule has 2 unspecified atom stereocenters. The van der Waals surface area contributed by atoms with Crippen LogP contribution in [0.4, 0.5) is 0 Å². The largest absolute Gasteiger partial charge is 0.278 e. The van der Waals surface area contributed by atoms with Crippen LogP contribution >= 0.6 is 11.6 Å². The molecule has 2 aromatic rings. The predicted molar refractivity (Wildman–Crippen MR) is 79.4 cm³/mol. The maximum Gasteiger partial charge on any atom is 0.243 e. The molecule has 21 heavy (non-hydrogen) atoms. The summed E-state index contributed by atoms with van der Waals surface area (Å²) in [7, 11) is -3.43. The van der Waals surface area contributed by atoms with Crippen molar-refractivity contribution < 1.29 is 8.42 Å². The number of aromatic nitrogens is 2. The van der Waals surface area contributed by atoms with Crippen LogP contribution in [0.3, 0.4) is 0 Å². The van der Waals surface area contributed by atoms with Crippen LogP contribution in [0.25, 0.3) is 11.3 Å². The molecule has 2 aliphatic rings. The van der Waals surface area contributed by atoms with E-state index in [9.17, 15) is 8.42 Å². The highest BCUT2D eigenvalue weighted by Crippen LogP contribution is 2.46. The molecule has 1 saturated heterocycles. The zero-order chi connectivity index (χ0) is 14.6. The summed E-state index contributed by atoms with van der Waals surface area (Å²) in [5.41, 5.74) is 1.52. The van der Waals surface area contributed by atoms with Crippen molar-refractivity contribution in [1.82, 2.24) is 14.5 Å². The molecular weight excluding hydrogens is 310 g/mol. The summed E-state index contributed by atoms with van der Waals surface area (Å²) in [6.45, 7) is 1.29. The van der Waals surface area contributed by atoms with E-state index in [-0.39, 0.29) is 4.90 Å². The van der Waals surface area contributed by atoms with Gasteiger partial charge in [0.15, 0.2) is 0 Å². The van der Waals surface area contributed by atoms with Crippen molar-refractivity contribution in [2.75, 3.05) is 13.1 Å². The van der Waals surface area contributed by atoms with Gasteiger partial charge in [-0.15, -0.1) is 0 Å². The lowest BCUT2D eigenvalue weighted by molar-refractivity contribution is 0.443. The molecule has 1 aromatic heterocycles. The lowest BCUT2D eigenvalue weighted by Crippen LogP contribution is -2.30. The number of nitrogens with one attached hydrogen (secondary N) is 1. The van der Waals surface area contributed by atoms with Crippen LogP contribution < -0.4 is 0 Å². The Hall–Kier alpha value is -1.37. The molecule has 1 aliphatic carbocycles. The molecule has 0 spiro atoms. The summed E-state index contributed by atoms with van der Waals surface area (Å²) in [4.78, 5) is 0.261. The van der Waals surface area contributed by atoms with Crippen LogP contribution in [-0.2, 0) is 10.0 Å². The van der Waals surface area contributed by atoms with Gasteiger partial charge in [-0.2, -0.15) is 9.40 Å². The van der Waals surface area contributed by atoms with Crippen LogP contribution in [0.1, 0.15) is 6.42 Å². The van der Waals surface area contributed by atoms with Crippen molar-refractivity contribution in [3.8, 4) is 11.3 Å². The first kappa shape index (κ1) is 13.3. The van der Waals surface area contributed by atoms with Crippen molar-refractivity contribution in [3.05, 3.63) is 35.5 Å². The molecule has 0 amide bonds. The van der Waals surface area contributed by atoms with E-state index in [1.165, 1.54) is 12.5 Å². The Morgan fingerprint density at radius 3 is 2.62 bits per heavy atom. The van der Waals surface area contributed by atoms with Crippen molar-refractivity contribution >= 4 is 21.6 Å². The standard InChI is InChI=1S/C14H14ClN3O2S/c15-13-6-11(1-2-12(13)14-3-4-16-17-14)21(19,20)18-7-9-5-10(9)8-18/h1-4,6,9-10H,5,7-8H2,(H,16,17). The molecule has 0 bridgehead atoms. The maximum absolute atomic E-state index is 12.6. The second-order valence-corrected chi connectivity index (χ2v) is 8.03. The Morgan fingerprint density at radius 1 is 1.24 bits per heavy atom. The monoisotopic (exact) mass is 323 g/mol. The Labute approximate surface area is 128 Å². The molecule has 2 atom stereocenters. The molecule has 1 aromatic carbocycles. The second-order valence-electron chi connectivity index (χ2n) is 5.69. The third kappa shape index (κ3) is 2.18. The number of hydrogen-bond donors (Lipinski definition) is 1. The number of piperidine rings is 1. The van der Waals surface area contributed by atoms with Gasteiger partial charge < -0.3 is 0 Å². The fraction of sp³-hybridized carbons (Fsp3) is 0.357. The average Bonchev–Trinajstić information content (AvgIpc) is 2.91. The first-order valence-electron chi connectivity index (χ1n) is 6.85. The van der Waals surface area contributed by atoms with E-state index in [1.807, 2.05) is 0 Å². The lowest BCUT2D eigenvalue weighted by atomic mass is 10.1. The molecular formula is C14H14ClN3O2S. The summed E-state index contributed by atoms with van der Waals surface area (Å²) in [5.74, 6) is 1.14. The molecule has 7 heteroatoms. The molecule has 5 nitrogen and oxygen atoms in total. The number of fused-ring (bicyclic) bond motifs is 1. The number of benzene rings is 1. The SMILES string of the molecule is O=S(=O)(c1ccc(-c2ccn[nH]2)c(Cl)c1)N1CC2CC2C1. The smallest absolute Gasteiger partial charge is 0.243 e. The van der Waals surface area contributed by atoms with E-state index < -0.39 is 10.0 Å². The first-order chi connectivity index (χ1) is 10.1. The summed E-state index contributed by atoms with van der Waals surface area (Å²) in [6.07, 6.45) is 2.80. The van der Waals surface area contributed by atoms with E-state index in [4.69, 9.17) is 11.6 Å². The van der Waals surface area contributed by atoms with Gasteiger partial charge in [-0.25, -0.2) is 8.42 Å². The van der Waals surface area contributed by atoms with Crippen LogP contribution in [0.2, 0.25) is 5.02 Å². The first-order valence-corrected chi connectivity index (χ1v) is 8.67. The van der Waals surface area contributed by atoms with Gasteiger partial charge >= 0.3 is 0 Å². The van der Waals surface area contributed by atoms with Gasteiger partial charge in [-0.1, -0.05) is 11.6 Å². The highest BCUT2D eigenvalue weighted by molar-refractivity contribution is 7.89. The average molecular weight is 324 g/mol. The number of H-pyrrole nitrogens is 1. The topological polar surface area (TPSA) is 66.1 Å². The van der Waals surface area contributed by atoms with Gasteiger partial charge in [0.2, 0.25) is 10.0 Å². The molecule has 1 saturated carbocycles. The molecule has 110 valence electrons. The molecule has 2 heterocycles. The van der Waals surface area contributed by atoms with Crippen LogP contribution in [0.15, 0.2) is 35.4 Å². The molecule has 1 aliphatic heterocycles. The second kappa shape index (κ2) is 4.56. The maximum atomic E-state index is 12.6. The minimum Gasteiger partial charge on any atom is -0.278 e. The zero-order valence-electron chi connectivity index (χ0n) is 11.2. The van der Waals surface area contributed by atoms with E-state index >= 15 is 0 Å². The molecule has 0 radical (unpaired) electrons. The predicted octanol–water partition coefficient (Wildman–Crippen LogP) is 2.37. The van der Waals surface area contributed by atoms with E-state index in [2.05, 4.69) is 10.2 Å². The Kier molecular flexibility index (Phi) is 2.89. The summed E-state index contributed by atoms with van der Waals surface area (Å²) < 4.78 is 26.8. The Morgan fingerprint density at radius 2 is 2.00 bits per heavy atom.